The molecule has 1 heterocycles. The lowest BCUT2D eigenvalue weighted by atomic mass is 10.1. The van der Waals surface area contributed by atoms with Gasteiger partial charge < -0.3 is 9.22 Å². The Morgan fingerprint density at radius 2 is 1.81 bits per heavy atom. The minimum atomic E-state index is -1.55. The van der Waals surface area contributed by atoms with Crippen molar-refractivity contribution in [1.29, 1.82) is 0 Å². The lowest BCUT2D eigenvalue weighted by molar-refractivity contribution is 0.466. The van der Waals surface area contributed by atoms with Crippen LogP contribution in [0.4, 0.5) is 0 Å². The third-order valence-electron chi connectivity index (χ3n) is 4.65. The Labute approximate surface area is 131 Å². The van der Waals surface area contributed by atoms with Crippen molar-refractivity contribution in [2.24, 2.45) is 0 Å². The largest absolute Gasteiger partial charge is 0.508 e. The molecule has 0 saturated carbocycles. The highest BCUT2D eigenvalue weighted by Crippen LogP contribution is 2.33. The minimum Gasteiger partial charge on any atom is -0.508 e. The average Bonchev–Trinajstić information content (AvgIpc) is 2.40. The minimum absolute atomic E-state index is 0.437. The van der Waals surface area contributed by atoms with E-state index in [1.54, 1.807) is 6.07 Å². The molecule has 0 radical (unpaired) electrons. The highest BCUT2D eigenvalue weighted by atomic mass is 28.4. The highest BCUT2D eigenvalue weighted by molar-refractivity contribution is 6.85. The third kappa shape index (κ3) is 5.27. The number of para-hydroxylation sites is 1. The van der Waals surface area contributed by atoms with Gasteiger partial charge in [0.05, 0.1) is 0 Å². The van der Waals surface area contributed by atoms with Crippen LogP contribution in [0.1, 0.15) is 31.2 Å². The van der Waals surface area contributed by atoms with Gasteiger partial charge in [-0.15, -0.1) is 0 Å². The Morgan fingerprint density at radius 1 is 1.14 bits per heavy atom. The number of hydrogen-bond donors (Lipinski definition) is 1. The maximum atomic E-state index is 9.83. The standard InChI is InChI=1S/C17H30O2Si2/c1-20(2,19-21(3)14-7-4-8-15-21)13-9-11-16-10-5-6-12-17(16)18/h5-6,10,12,18H,4,7-9,11,13-15H2,1-3H3. The van der Waals surface area contributed by atoms with Crippen molar-refractivity contribution in [3.05, 3.63) is 29.8 Å². The molecule has 2 rings (SSSR count). The molecule has 118 valence electrons. The zero-order valence-electron chi connectivity index (χ0n) is 13.8. The van der Waals surface area contributed by atoms with E-state index in [2.05, 4.69) is 19.6 Å². The van der Waals surface area contributed by atoms with Crippen LogP contribution in [0.15, 0.2) is 24.3 Å². The molecule has 0 unspecified atom stereocenters. The van der Waals surface area contributed by atoms with E-state index in [4.69, 9.17) is 4.12 Å². The molecule has 1 saturated heterocycles. The number of hydrogen-bond acceptors (Lipinski definition) is 2. The molecule has 0 amide bonds. The van der Waals surface area contributed by atoms with E-state index in [9.17, 15) is 5.11 Å². The van der Waals surface area contributed by atoms with E-state index in [-0.39, 0.29) is 0 Å². The molecule has 1 aromatic carbocycles. The predicted molar refractivity (Wildman–Crippen MR) is 94.9 cm³/mol. The maximum Gasteiger partial charge on any atom is 0.176 e. The predicted octanol–water partition coefficient (Wildman–Crippen LogP) is 5.31. The Balaban J connectivity index is 1.82. The molecular formula is C17H30O2Si2. The van der Waals surface area contributed by atoms with Gasteiger partial charge in [-0.3, -0.25) is 0 Å². The van der Waals surface area contributed by atoms with Gasteiger partial charge in [-0.25, -0.2) is 0 Å². The first-order valence-corrected chi connectivity index (χ1v) is 14.3. The second kappa shape index (κ2) is 7.12. The fourth-order valence-electron chi connectivity index (χ4n) is 3.55. The summed E-state index contributed by atoms with van der Waals surface area (Å²) in [6, 6.07) is 11.6. The van der Waals surface area contributed by atoms with Crippen LogP contribution in [0.2, 0.25) is 37.8 Å². The summed E-state index contributed by atoms with van der Waals surface area (Å²) in [6.45, 7) is 7.21. The number of rotatable bonds is 6. The molecule has 0 bridgehead atoms. The topological polar surface area (TPSA) is 29.5 Å². The van der Waals surface area contributed by atoms with Gasteiger partial charge in [-0.05, 0) is 62.2 Å². The Morgan fingerprint density at radius 3 is 2.48 bits per heavy atom. The van der Waals surface area contributed by atoms with Crippen molar-refractivity contribution >= 4 is 16.6 Å². The van der Waals surface area contributed by atoms with Gasteiger partial charge in [0.25, 0.3) is 0 Å². The van der Waals surface area contributed by atoms with Crippen molar-refractivity contribution < 1.29 is 9.22 Å². The summed E-state index contributed by atoms with van der Waals surface area (Å²) in [6.07, 6.45) is 6.25. The van der Waals surface area contributed by atoms with Crippen LogP contribution < -0.4 is 0 Å². The van der Waals surface area contributed by atoms with Gasteiger partial charge >= 0.3 is 0 Å². The van der Waals surface area contributed by atoms with Crippen molar-refractivity contribution in [3.63, 3.8) is 0 Å². The lowest BCUT2D eigenvalue weighted by Crippen LogP contribution is -2.47. The number of aryl methyl sites for hydroxylation is 1. The van der Waals surface area contributed by atoms with Gasteiger partial charge in [0.2, 0.25) is 0 Å². The fourth-order valence-corrected chi connectivity index (χ4v) is 13.4. The number of phenols is 1. The number of phenolic OH excluding ortho intramolecular Hbond substituents is 1. The molecular weight excluding hydrogens is 292 g/mol. The molecule has 4 heteroatoms. The van der Waals surface area contributed by atoms with E-state index < -0.39 is 16.6 Å². The summed E-state index contributed by atoms with van der Waals surface area (Å²) in [5.41, 5.74) is 1.07. The van der Waals surface area contributed by atoms with Gasteiger partial charge in [-0.2, -0.15) is 0 Å². The number of benzene rings is 1. The quantitative estimate of drug-likeness (QED) is 0.720. The smallest absolute Gasteiger partial charge is 0.176 e. The fraction of sp³-hybridized carbons (Fsp3) is 0.647. The molecule has 0 atom stereocenters. The molecule has 1 aliphatic rings. The maximum absolute atomic E-state index is 9.83. The molecule has 1 fully saturated rings. The highest BCUT2D eigenvalue weighted by Gasteiger charge is 2.37. The van der Waals surface area contributed by atoms with Crippen molar-refractivity contribution in [2.75, 3.05) is 0 Å². The third-order valence-corrected chi connectivity index (χ3v) is 13.2. The van der Waals surface area contributed by atoms with Gasteiger partial charge in [0.15, 0.2) is 16.6 Å². The SMILES string of the molecule is C[Si](C)(CCCc1ccccc1O)O[Si]1(C)CCCCC1. The van der Waals surface area contributed by atoms with Crippen molar-refractivity contribution in [2.45, 2.75) is 69.9 Å². The summed E-state index contributed by atoms with van der Waals surface area (Å²) < 4.78 is 6.75. The van der Waals surface area contributed by atoms with Gasteiger partial charge in [0, 0.05) is 0 Å². The first-order chi connectivity index (χ1) is 9.90. The normalized spacial score (nSPS) is 18.6. The second-order valence-corrected chi connectivity index (χ2v) is 16.1. The van der Waals surface area contributed by atoms with Crippen LogP contribution >= 0.6 is 0 Å². The summed E-state index contributed by atoms with van der Waals surface area (Å²) >= 11 is 0. The van der Waals surface area contributed by atoms with Crippen molar-refractivity contribution in [3.8, 4) is 5.75 Å². The van der Waals surface area contributed by atoms with Crippen LogP contribution in [0, 0.1) is 0 Å². The van der Waals surface area contributed by atoms with Crippen LogP contribution in [-0.4, -0.2) is 21.7 Å². The summed E-state index contributed by atoms with van der Waals surface area (Å²) in [7, 11) is -2.95. The number of aromatic hydroxyl groups is 1. The zero-order chi connectivity index (χ0) is 15.3. The summed E-state index contributed by atoms with van der Waals surface area (Å²) in [5, 5.41) is 9.83. The molecule has 2 nitrogen and oxygen atoms in total. The molecule has 1 aliphatic heterocycles. The molecule has 0 spiro atoms. The molecule has 0 aromatic heterocycles. The Hall–Kier alpha value is -0.586. The molecule has 1 aromatic rings. The van der Waals surface area contributed by atoms with E-state index >= 15 is 0 Å². The monoisotopic (exact) mass is 322 g/mol. The van der Waals surface area contributed by atoms with E-state index in [1.165, 1.54) is 37.4 Å². The van der Waals surface area contributed by atoms with Crippen LogP contribution in [0.25, 0.3) is 0 Å². The zero-order valence-corrected chi connectivity index (χ0v) is 15.8. The summed E-state index contributed by atoms with van der Waals surface area (Å²) in [5.74, 6) is 0.437. The van der Waals surface area contributed by atoms with E-state index in [0.29, 0.717) is 5.75 Å². The van der Waals surface area contributed by atoms with Crippen molar-refractivity contribution in [1.82, 2.24) is 0 Å². The Bertz CT molecular complexity index is 454. The summed E-state index contributed by atoms with van der Waals surface area (Å²) in [4.78, 5) is 0. The molecule has 21 heavy (non-hydrogen) atoms. The first kappa shape index (κ1) is 16.8. The first-order valence-electron chi connectivity index (χ1n) is 8.37. The lowest BCUT2D eigenvalue weighted by Gasteiger charge is -2.39. The van der Waals surface area contributed by atoms with Gasteiger partial charge in [0.1, 0.15) is 5.75 Å². The van der Waals surface area contributed by atoms with E-state index in [0.717, 1.165) is 18.4 Å². The van der Waals surface area contributed by atoms with Crippen LogP contribution in [-0.2, 0) is 10.5 Å². The Kier molecular flexibility index (Phi) is 5.69. The average molecular weight is 323 g/mol. The molecule has 0 aliphatic carbocycles. The molecule has 1 N–H and O–H groups in total. The second-order valence-electron chi connectivity index (χ2n) is 7.35. The van der Waals surface area contributed by atoms with E-state index in [1.807, 2.05) is 18.2 Å². The van der Waals surface area contributed by atoms with Crippen LogP contribution in [0.3, 0.4) is 0 Å². The van der Waals surface area contributed by atoms with Crippen LogP contribution in [0.5, 0.6) is 5.75 Å². The van der Waals surface area contributed by atoms with Gasteiger partial charge in [-0.1, -0.05) is 37.5 Å².